The van der Waals surface area contributed by atoms with Gasteiger partial charge in [-0.15, -0.1) is 0 Å². The van der Waals surface area contributed by atoms with Gasteiger partial charge in [0.25, 0.3) is 0 Å². The second-order valence-electron chi connectivity index (χ2n) is 7.96. The Morgan fingerprint density at radius 1 is 1.20 bits per heavy atom. The molecule has 1 heterocycles. The van der Waals surface area contributed by atoms with Gasteiger partial charge in [0.15, 0.2) is 0 Å². The van der Waals surface area contributed by atoms with Gasteiger partial charge in [-0.1, -0.05) is 20.8 Å². The highest BCUT2D eigenvalue weighted by Gasteiger charge is 2.36. The molecule has 0 radical (unpaired) electrons. The van der Waals surface area contributed by atoms with Crippen LogP contribution in [0.5, 0.6) is 0 Å². The van der Waals surface area contributed by atoms with E-state index in [0.717, 1.165) is 18.1 Å². The zero-order valence-corrected chi connectivity index (χ0v) is 13.5. The average Bonchev–Trinajstić information content (AvgIpc) is 2.71. The molecule has 1 atom stereocenters. The van der Waals surface area contributed by atoms with Crippen LogP contribution >= 0.6 is 0 Å². The number of rotatable bonds is 2. The molecule has 0 saturated heterocycles. The number of fused-ring (bicyclic) bond motifs is 1. The Labute approximate surface area is 123 Å². The van der Waals surface area contributed by atoms with Crippen molar-refractivity contribution in [2.75, 3.05) is 0 Å². The maximum Gasteiger partial charge on any atom is 0.109 e. The first-order chi connectivity index (χ1) is 9.43. The molecular formula is C18H29NO. The van der Waals surface area contributed by atoms with Gasteiger partial charge >= 0.3 is 0 Å². The lowest BCUT2D eigenvalue weighted by atomic mass is 9.74. The molecule has 2 heteroatoms. The van der Waals surface area contributed by atoms with Crippen LogP contribution in [0.25, 0.3) is 0 Å². The topological polar surface area (TPSA) is 25.2 Å². The molecule has 1 fully saturated rings. The first kappa shape index (κ1) is 14.2. The molecule has 112 valence electrons. The van der Waals surface area contributed by atoms with E-state index in [2.05, 4.69) is 39.1 Å². The molecule has 2 nitrogen and oxygen atoms in total. The van der Waals surface area contributed by atoms with Gasteiger partial charge < -0.3 is 9.73 Å². The second kappa shape index (κ2) is 5.22. The maximum absolute atomic E-state index is 5.94. The standard InChI is InChI=1S/C18H29NO/c1-12-5-7-14(8-6-12)19-16-10-18(3,4)11-17-15(16)9-13(2)20-17/h9,12,14,16,19H,5-8,10-11H2,1-4H3. The van der Waals surface area contributed by atoms with Gasteiger partial charge in [0.1, 0.15) is 11.5 Å². The number of hydrogen-bond acceptors (Lipinski definition) is 2. The highest BCUT2D eigenvalue weighted by Crippen LogP contribution is 2.42. The Morgan fingerprint density at radius 3 is 2.60 bits per heavy atom. The van der Waals surface area contributed by atoms with Gasteiger partial charge in [0.05, 0.1) is 0 Å². The van der Waals surface area contributed by atoms with Crippen molar-refractivity contribution in [1.82, 2.24) is 5.32 Å². The monoisotopic (exact) mass is 275 g/mol. The Morgan fingerprint density at radius 2 is 1.90 bits per heavy atom. The fourth-order valence-electron chi connectivity index (χ4n) is 4.04. The van der Waals surface area contributed by atoms with Gasteiger partial charge in [0.2, 0.25) is 0 Å². The van der Waals surface area contributed by atoms with Crippen LogP contribution < -0.4 is 5.32 Å². The zero-order valence-electron chi connectivity index (χ0n) is 13.5. The second-order valence-corrected chi connectivity index (χ2v) is 7.96. The van der Waals surface area contributed by atoms with Crippen molar-refractivity contribution < 1.29 is 4.42 Å². The lowest BCUT2D eigenvalue weighted by molar-refractivity contribution is 0.205. The average molecular weight is 275 g/mol. The van der Waals surface area contributed by atoms with Crippen molar-refractivity contribution in [2.24, 2.45) is 11.3 Å². The first-order valence-corrected chi connectivity index (χ1v) is 8.28. The highest BCUT2D eigenvalue weighted by molar-refractivity contribution is 5.29. The summed E-state index contributed by atoms with van der Waals surface area (Å²) in [6.45, 7) is 9.19. The summed E-state index contributed by atoms with van der Waals surface area (Å²) in [4.78, 5) is 0. The summed E-state index contributed by atoms with van der Waals surface area (Å²) >= 11 is 0. The smallest absolute Gasteiger partial charge is 0.109 e. The third kappa shape index (κ3) is 2.95. The molecule has 0 spiro atoms. The van der Waals surface area contributed by atoms with E-state index in [0.29, 0.717) is 17.5 Å². The van der Waals surface area contributed by atoms with Gasteiger partial charge in [0, 0.05) is 24.1 Å². The lowest BCUT2D eigenvalue weighted by Gasteiger charge is -2.38. The summed E-state index contributed by atoms with van der Waals surface area (Å²) in [6, 6.07) is 3.45. The van der Waals surface area contributed by atoms with Crippen molar-refractivity contribution in [3.05, 3.63) is 23.2 Å². The minimum absolute atomic E-state index is 0.344. The summed E-state index contributed by atoms with van der Waals surface area (Å²) in [5.74, 6) is 3.21. The number of hydrogen-bond donors (Lipinski definition) is 1. The van der Waals surface area contributed by atoms with Crippen LogP contribution in [0, 0.1) is 18.3 Å². The van der Waals surface area contributed by atoms with Gasteiger partial charge in [-0.2, -0.15) is 0 Å². The quantitative estimate of drug-likeness (QED) is 0.841. The van der Waals surface area contributed by atoms with Crippen molar-refractivity contribution in [3.8, 4) is 0 Å². The van der Waals surface area contributed by atoms with Crippen LogP contribution in [-0.2, 0) is 6.42 Å². The molecular weight excluding hydrogens is 246 g/mol. The third-order valence-electron chi connectivity index (χ3n) is 5.19. The van der Waals surface area contributed by atoms with E-state index in [9.17, 15) is 0 Å². The number of nitrogens with one attached hydrogen (secondary N) is 1. The Bertz CT molecular complexity index is 466. The van der Waals surface area contributed by atoms with Crippen LogP contribution in [0.1, 0.15) is 76.0 Å². The van der Waals surface area contributed by atoms with Gasteiger partial charge in [-0.3, -0.25) is 0 Å². The van der Waals surface area contributed by atoms with E-state index in [4.69, 9.17) is 4.42 Å². The van der Waals surface area contributed by atoms with E-state index in [1.54, 1.807) is 0 Å². The van der Waals surface area contributed by atoms with E-state index >= 15 is 0 Å². The van der Waals surface area contributed by atoms with Crippen LogP contribution in [-0.4, -0.2) is 6.04 Å². The summed E-state index contributed by atoms with van der Waals surface area (Å²) in [6.07, 6.45) is 7.74. The fraction of sp³-hybridized carbons (Fsp3) is 0.778. The van der Waals surface area contributed by atoms with Crippen molar-refractivity contribution in [1.29, 1.82) is 0 Å². The Kier molecular flexibility index (Phi) is 3.70. The zero-order chi connectivity index (χ0) is 14.3. The molecule has 0 amide bonds. The number of aryl methyl sites for hydroxylation is 1. The van der Waals surface area contributed by atoms with Crippen LogP contribution in [0.2, 0.25) is 0 Å². The normalized spacial score (nSPS) is 32.9. The molecule has 1 aromatic heterocycles. The molecule has 20 heavy (non-hydrogen) atoms. The molecule has 3 rings (SSSR count). The number of furan rings is 1. The molecule has 2 aliphatic carbocycles. The molecule has 2 aliphatic rings. The molecule has 1 N–H and O–H groups in total. The van der Waals surface area contributed by atoms with Crippen molar-refractivity contribution >= 4 is 0 Å². The summed E-state index contributed by atoms with van der Waals surface area (Å²) in [7, 11) is 0. The molecule has 1 unspecified atom stereocenters. The minimum atomic E-state index is 0.344. The van der Waals surface area contributed by atoms with E-state index < -0.39 is 0 Å². The Balaban J connectivity index is 1.75. The fourth-order valence-corrected chi connectivity index (χ4v) is 4.04. The predicted octanol–water partition coefficient (Wildman–Crippen LogP) is 4.77. The van der Waals surface area contributed by atoms with Crippen LogP contribution in [0.3, 0.4) is 0 Å². The first-order valence-electron chi connectivity index (χ1n) is 8.28. The van der Waals surface area contributed by atoms with Gasteiger partial charge in [-0.05, 0) is 56.4 Å². The molecule has 1 aromatic rings. The summed E-state index contributed by atoms with van der Waals surface area (Å²) < 4.78 is 5.94. The van der Waals surface area contributed by atoms with E-state index in [1.807, 2.05) is 0 Å². The van der Waals surface area contributed by atoms with Crippen molar-refractivity contribution in [3.63, 3.8) is 0 Å². The van der Waals surface area contributed by atoms with E-state index in [-0.39, 0.29) is 0 Å². The molecule has 0 bridgehead atoms. The lowest BCUT2D eigenvalue weighted by Crippen LogP contribution is -2.40. The van der Waals surface area contributed by atoms with Crippen LogP contribution in [0.15, 0.2) is 10.5 Å². The molecule has 0 aromatic carbocycles. The minimum Gasteiger partial charge on any atom is -0.466 e. The van der Waals surface area contributed by atoms with Gasteiger partial charge in [-0.25, -0.2) is 0 Å². The maximum atomic E-state index is 5.94. The highest BCUT2D eigenvalue weighted by atomic mass is 16.3. The molecule has 0 aliphatic heterocycles. The van der Waals surface area contributed by atoms with Crippen LogP contribution in [0.4, 0.5) is 0 Å². The van der Waals surface area contributed by atoms with Crippen molar-refractivity contribution in [2.45, 2.75) is 78.3 Å². The largest absolute Gasteiger partial charge is 0.466 e. The SMILES string of the molecule is Cc1cc2c(o1)CC(C)(C)CC2NC1CCC(C)CC1. The summed E-state index contributed by atoms with van der Waals surface area (Å²) in [5, 5.41) is 3.94. The molecule has 1 saturated carbocycles. The summed E-state index contributed by atoms with van der Waals surface area (Å²) in [5.41, 5.74) is 1.78. The predicted molar refractivity (Wildman–Crippen MR) is 82.8 cm³/mol. The Hall–Kier alpha value is -0.760. The van der Waals surface area contributed by atoms with E-state index in [1.165, 1.54) is 43.4 Å². The third-order valence-corrected chi connectivity index (χ3v) is 5.19.